The Hall–Kier alpha value is -0.820. The summed E-state index contributed by atoms with van der Waals surface area (Å²) in [6.45, 7) is 0.819. The molecule has 0 bridgehead atoms. The summed E-state index contributed by atoms with van der Waals surface area (Å²) in [4.78, 5) is 0.134. The molecule has 0 aromatic heterocycles. The van der Waals surface area contributed by atoms with Gasteiger partial charge in [-0.3, -0.25) is 0 Å². The Kier molecular flexibility index (Phi) is 3.66. The fourth-order valence-electron chi connectivity index (χ4n) is 3.07. The van der Waals surface area contributed by atoms with Gasteiger partial charge >= 0.3 is 0 Å². The molecule has 2 atom stereocenters. The molecule has 0 spiro atoms. The van der Waals surface area contributed by atoms with E-state index < -0.39 is 10.0 Å². The van der Waals surface area contributed by atoms with Crippen LogP contribution in [-0.2, 0) is 14.8 Å². The van der Waals surface area contributed by atoms with E-state index in [1.165, 1.54) is 12.1 Å². The van der Waals surface area contributed by atoms with Gasteiger partial charge in [0.05, 0.1) is 24.4 Å². The summed E-state index contributed by atoms with van der Waals surface area (Å²) in [7, 11) is -3.59. The van der Waals surface area contributed by atoms with Gasteiger partial charge in [0.1, 0.15) is 4.90 Å². The highest BCUT2D eigenvalue weighted by Gasteiger charge is 2.42. The molecular formula is C13H17ClN2O3S. The van der Waals surface area contributed by atoms with Crippen molar-refractivity contribution in [3.63, 3.8) is 0 Å². The number of fused-ring (bicyclic) bond motifs is 1. The van der Waals surface area contributed by atoms with E-state index in [9.17, 15) is 8.42 Å². The Labute approximate surface area is 123 Å². The van der Waals surface area contributed by atoms with Crippen LogP contribution in [0, 0.1) is 0 Å². The molecule has 1 aliphatic heterocycles. The summed E-state index contributed by atoms with van der Waals surface area (Å²) in [5.74, 6) is 0. The Morgan fingerprint density at radius 2 is 2.15 bits per heavy atom. The molecule has 2 fully saturated rings. The van der Waals surface area contributed by atoms with Crippen LogP contribution in [0.4, 0.5) is 5.69 Å². The Morgan fingerprint density at radius 1 is 1.35 bits per heavy atom. The van der Waals surface area contributed by atoms with E-state index in [1.54, 1.807) is 10.4 Å². The molecule has 2 unspecified atom stereocenters. The molecule has 0 radical (unpaired) electrons. The molecule has 20 heavy (non-hydrogen) atoms. The summed E-state index contributed by atoms with van der Waals surface area (Å²) >= 11 is 5.83. The van der Waals surface area contributed by atoms with Gasteiger partial charge in [-0.2, -0.15) is 4.31 Å². The third-order valence-electron chi connectivity index (χ3n) is 3.99. The summed E-state index contributed by atoms with van der Waals surface area (Å²) in [6, 6.07) is 4.44. The van der Waals surface area contributed by atoms with Gasteiger partial charge in [-0.05, 0) is 37.5 Å². The van der Waals surface area contributed by atoms with Crippen molar-refractivity contribution >= 4 is 27.3 Å². The van der Waals surface area contributed by atoms with E-state index in [0.717, 1.165) is 19.3 Å². The molecule has 1 saturated carbocycles. The second-order valence-electron chi connectivity index (χ2n) is 5.21. The van der Waals surface area contributed by atoms with Crippen LogP contribution in [0.1, 0.15) is 19.3 Å². The normalized spacial score (nSPS) is 27.4. The lowest BCUT2D eigenvalue weighted by Gasteiger charge is -2.36. The van der Waals surface area contributed by atoms with Gasteiger partial charge < -0.3 is 10.5 Å². The summed E-state index contributed by atoms with van der Waals surface area (Å²) in [6.07, 6.45) is 2.79. The molecule has 1 aliphatic carbocycles. The highest BCUT2D eigenvalue weighted by molar-refractivity contribution is 7.89. The number of nitrogens with zero attached hydrogens (tertiary/aromatic N) is 1. The third kappa shape index (κ3) is 2.30. The standard InChI is InChI=1S/C13H17ClN2O3S/c14-9-4-5-13(10(15)8-9)20(17,18)16-6-7-19-12-3-1-2-11(12)16/h4-5,8,11-12H,1-3,6-7,15H2. The van der Waals surface area contributed by atoms with Crippen LogP contribution >= 0.6 is 11.6 Å². The average molecular weight is 317 g/mol. The van der Waals surface area contributed by atoms with Gasteiger partial charge in [-0.15, -0.1) is 0 Å². The summed E-state index contributed by atoms with van der Waals surface area (Å²) < 4.78 is 32.8. The Bertz CT molecular complexity index is 620. The van der Waals surface area contributed by atoms with E-state index >= 15 is 0 Å². The smallest absolute Gasteiger partial charge is 0.245 e. The van der Waals surface area contributed by atoms with Crippen molar-refractivity contribution in [3.05, 3.63) is 23.2 Å². The van der Waals surface area contributed by atoms with E-state index in [0.29, 0.717) is 18.2 Å². The number of rotatable bonds is 2. The first-order valence-electron chi connectivity index (χ1n) is 6.68. The number of anilines is 1. The van der Waals surface area contributed by atoms with Gasteiger partial charge in [0.15, 0.2) is 0 Å². The number of halogens is 1. The molecule has 2 aliphatic rings. The Balaban J connectivity index is 1.98. The van der Waals surface area contributed by atoms with E-state index in [-0.39, 0.29) is 22.7 Å². The first-order chi connectivity index (χ1) is 9.50. The van der Waals surface area contributed by atoms with Gasteiger partial charge in [-0.1, -0.05) is 11.6 Å². The molecule has 2 N–H and O–H groups in total. The minimum absolute atomic E-state index is 0.0204. The van der Waals surface area contributed by atoms with Gasteiger partial charge in [-0.25, -0.2) is 8.42 Å². The van der Waals surface area contributed by atoms with Crippen LogP contribution in [0.5, 0.6) is 0 Å². The van der Waals surface area contributed by atoms with E-state index in [4.69, 9.17) is 22.1 Å². The Morgan fingerprint density at radius 3 is 2.90 bits per heavy atom. The lowest BCUT2D eigenvalue weighted by molar-refractivity contribution is -0.0241. The fourth-order valence-corrected chi connectivity index (χ4v) is 5.01. The first-order valence-corrected chi connectivity index (χ1v) is 8.50. The molecule has 1 aromatic carbocycles. The maximum absolute atomic E-state index is 12.8. The van der Waals surface area contributed by atoms with Crippen LogP contribution in [0.3, 0.4) is 0 Å². The monoisotopic (exact) mass is 316 g/mol. The van der Waals surface area contributed by atoms with Crippen molar-refractivity contribution in [2.75, 3.05) is 18.9 Å². The predicted molar refractivity (Wildman–Crippen MR) is 77.1 cm³/mol. The lowest BCUT2D eigenvalue weighted by Crippen LogP contribution is -2.51. The highest BCUT2D eigenvalue weighted by atomic mass is 35.5. The lowest BCUT2D eigenvalue weighted by atomic mass is 10.2. The van der Waals surface area contributed by atoms with Gasteiger partial charge in [0.2, 0.25) is 10.0 Å². The van der Waals surface area contributed by atoms with Crippen molar-refractivity contribution in [2.45, 2.75) is 36.3 Å². The molecule has 3 rings (SSSR count). The van der Waals surface area contributed by atoms with Gasteiger partial charge in [0.25, 0.3) is 0 Å². The molecule has 1 aromatic rings. The zero-order chi connectivity index (χ0) is 14.3. The zero-order valence-corrected chi connectivity index (χ0v) is 12.5. The molecule has 0 amide bonds. The number of nitrogen functional groups attached to an aromatic ring is 1. The van der Waals surface area contributed by atoms with Crippen molar-refractivity contribution in [3.8, 4) is 0 Å². The quantitative estimate of drug-likeness (QED) is 0.845. The number of nitrogens with two attached hydrogens (primary N) is 1. The van der Waals surface area contributed by atoms with Crippen LogP contribution in [-0.4, -0.2) is 38.0 Å². The largest absolute Gasteiger partial charge is 0.398 e. The minimum atomic E-state index is -3.59. The second kappa shape index (κ2) is 5.18. The SMILES string of the molecule is Nc1cc(Cl)ccc1S(=O)(=O)N1CCOC2CCCC21. The number of benzene rings is 1. The van der Waals surface area contributed by atoms with Crippen LogP contribution < -0.4 is 5.73 Å². The number of sulfonamides is 1. The molecule has 7 heteroatoms. The van der Waals surface area contributed by atoms with E-state index in [1.807, 2.05) is 0 Å². The zero-order valence-electron chi connectivity index (χ0n) is 11.0. The third-order valence-corrected chi connectivity index (χ3v) is 6.22. The predicted octanol–water partition coefficient (Wildman–Crippen LogP) is 1.86. The van der Waals surface area contributed by atoms with E-state index in [2.05, 4.69) is 0 Å². The van der Waals surface area contributed by atoms with Crippen molar-refractivity contribution in [2.24, 2.45) is 0 Å². The molecule has 110 valence electrons. The number of ether oxygens (including phenoxy) is 1. The van der Waals surface area contributed by atoms with Gasteiger partial charge in [0, 0.05) is 11.6 Å². The van der Waals surface area contributed by atoms with Crippen molar-refractivity contribution in [1.82, 2.24) is 4.31 Å². The first kappa shape index (κ1) is 14.1. The van der Waals surface area contributed by atoms with Crippen LogP contribution in [0.15, 0.2) is 23.1 Å². The molecule has 5 nitrogen and oxygen atoms in total. The summed E-state index contributed by atoms with van der Waals surface area (Å²) in [5, 5.41) is 0.433. The average Bonchev–Trinajstić information content (AvgIpc) is 2.85. The van der Waals surface area contributed by atoms with Crippen molar-refractivity contribution in [1.29, 1.82) is 0 Å². The topological polar surface area (TPSA) is 72.6 Å². The second-order valence-corrected chi connectivity index (χ2v) is 7.50. The number of morpholine rings is 1. The minimum Gasteiger partial charge on any atom is -0.398 e. The number of hydrogen-bond acceptors (Lipinski definition) is 4. The maximum Gasteiger partial charge on any atom is 0.245 e. The van der Waals surface area contributed by atoms with Crippen LogP contribution in [0.2, 0.25) is 5.02 Å². The maximum atomic E-state index is 12.8. The molecular weight excluding hydrogens is 300 g/mol. The fraction of sp³-hybridized carbons (Fsp3) is 0.538. The highest BCUT2D eigenvalue weighted by Crippen LogP contribution is 2.35. The molecule has 1 saturated heterocycles. The summed E-state index contributed by atoms with van der Waals surface area (Å²) in [5.41, 5.74) is 6.02. The molecule has 1 heterocycles. The number of hydrogen-bond donors (Lipinski definition) is 1. The van der Waals surface area contributed by atoms with Crippen molar-refractivity contribution < 1.29 is 13.2 Å². The van der Waals surface area contributed by atoms with Crippen LogP contribution in [0.25, 0.3) is 0 Å².